The highest BCUT2D eigenvalue weighted by Gasteiger charge is 2.48. The van der Waals surface area contributed by atoms with Gasteiger partial charge in [-0.15, -0.1) is 0 Å². The van der Waals surface area contributed by atoms with Crippen molar-refractivity contribution in [1.82, 2.24) is 34.7 Å². The van der Waals surface area contributed by atoms with E-state index in [0.29, 0.717) is 10.7 Å². The van der Waals surface area contributed by atoms with Crippen LogP contribution in [0.25, 0.3) is 11.2 Å². The van der Waals surface area contributed by atoms with Crippen LogP contribution in [-0.4, -0.2) is 88.4 Å². The molecule has 2 amide bonds. The Morgan fingerprint density at radius 1 is 1.18 bits per heavy atom. The van der Waals surface area contributed by atoms with Crippen molar-refractivity contribution in [2.75, 3.05) is 12.3 Å². The Labute approximate surface area is 227 Å². The number of hydrogen-bond donors (Lipinski definition) is 4. The summed E-state index contributed by atoms with van der Waals surface area (Å²) in [5.74, 6) is 5.25. The van der Waals surface area contributed by atoms with Gasteiger partial charge in [0, 0.05) is 18.3 Å². The predicted octanol–water partition coefficient (Wildman–Crippen LogP) is 0.0110. The Kier molecular flexibility index (Phi) is 6.56. The van der Waals surface area contributed by atoms with Crippen LogP contribution in [-0.2, 0) is 9.53 Å². The lowest BCUT2D eigenvalue weighted by Crippen LogP contribution is -2.43. The van der Waals surface area contributed by atoms with Gasteiger partial charge in [0.25, 0.3) is 11.8 Å². The number of nitrogens with zero attached hydrogens (tertiary/aromatic N) is 6. The first-order chi connectivity index (χ1) is 18.8. The van der Waals surface area contributed by atoms with E-state index in [1.165, 1.54) is 17.1 Å². The number of aliphatic hydroxyl groups is 2. The van der Waals surface area contributed by atoms with E-state index in [1.54, 1.807) is 17.0 Å². The average molecular weight is 553 g/mol. The molecular weight excluding hydrogens is 528 g/mol. The maximum absolute atomic E-state index is 13.0. The number of halogens is 1. The van der Waals surface area contributed by atoms with Gasteiger partial charge in [-0.2, -0.15) is 0 Å². The molecule has 202 valence electrons. The molecule has 2 saturated carbocycles. The first-order valence-corrected chi connectivity index (χ1v) is 12.9. The highest BCUT2D eigenvalue weighted by Crippen LogP contribution is 2.33. The van der Waals surface area contributed by atoms with Gasteiger partial charge >= 0.3 is 0 Å². The maximum atomic E-state index is 13.0. The predicted molar refractivity (Wildman–Crippen MR) is 137 cm³/mol. The molecule has 1 unspecified atom stereocenters. The number of fused-ring (bicyclic) bond motifs is 1. The number of carbonyl (C=O) groups excluding carboxylic acids is 2. The zero-order valence-corrected chi connectivity index (χ0v) is 21.3. The summed E-state index contributed by atoms with van der Waals surface area (Å²) in [4.78, 5) is 44.0. The van der Waals surface area contributed by atoms with Crippen LogP contribution < -0.4 is 11.1 Å². The molecule has 6 rings (SSSR count). The molecule has 3 aromatic heterocycles. The van der Waals surface area contributed by atoms with Crippen LogP contribution in [0.15, 0.2) is 24.7 Å². The summed E-state index contributed by atoms with van der Waals surface area (Å²) < 4.78 is 7.14. The minimum atomic E-state index is -1.44. The first kappa shape index (κ1) is 25.4. The highest BCUT2D eigenvalue weighted by atomic mass is 35.5. The number of nitrogens with one attached hydrogen (secondary N) is 1. The number of carbonyl (C=O) groups is 2. The molecular formula is C25H25ClN8O5. The zero-order valence-electron chi connectivity index (χ0n) is 20.6. The van der Waals surface area contributed by atoms with Crippen LogP contribution in [0.2, 0.25) is 5.15 Å². The molecule has 4 heterocycles. The van der Waals surface area contributed by atoms with Crippen molar-refractivity contribution in [1.29, 1.82) is 0 Å². The molecule has 3 aromatic rings. The van der Waals surface area contributed by atoms with E-state index in [4.69, 9.17) is 22.1 Å². The highest BCUT2D eigenvalue weighted by molar-refractivity contribution is 6.29. The minimum Gasteiger partial charge on any atom is -0.387 e. The van der Waals surface area contributed by atoms with Gasteiger partial charge in [0.15, 0.2) is 23.8 Å². The van der Waals surface area contributed by atoms with Crippen molar-refractivity contribution < 1.29 is 24.5 Å². The Bertz CT molecular complexity index is 1490. The topological polar surface area (TPSA) is 182 Å². The van der Waals surface area contributed by atoms with Crippen LogP contribution in [0.1, 0.15) is 48.1 Å². The molecule has 39 heavy (non-hydrogen) atoms. The van der Waals surface area contributed by atoms with Gasteiger partial charge in [-0.1, -0.05) is 17.5 Å². The third-order valence-corrected chi connectivity index (χ3v) is 7.04. The van der Waals surface area contributed by atoms with E-state index < -0.39 is 30.4 Å². The lowest BCUT2D eigenvalue weighted by molar-refractivity contribution is -0.137. The van der Waals surface area contributed by atoms with Gasteiger partial charge in [-0.05, 0) is 43.7 Å². The number of imidazole rings is 1. The SMILES string of the molecule is Nc1nc(C#CCN(C(=O)c2ccc(Cl)nc2)C2CC2)nc2c1ncn2[C@@H]1O[C@H](C(=O)NC2CC2)[C@@H](O)C1O. The number of aromatic nitrogens is 5. The molecule has 1 saturated heterocycles. The van der Waals surface area contributed by atoms with Gasteiger partial charge < -0.3 is 30.9 Å². The van der Waals surface area contributed by atoms with Crippen molar-refractivity contribution in [3.05, 3.63) is 41.2 Å². The molecule has 3 fully saturated rings. The summed E-state index contributed by atoms with van der Waals surface area (Å²) in [6, 6.07) is 3.35. The van der Waals surface area contributed by atoms with Gasteiger partial charge in [0.2, 0.25) is 5.82 Å². The number of amides is 2. The second-order valence-electron chi connectivity index (χ2n) is 9.80. The molecule has 3 aliphatic rings. The summed E-state index contributed by atoms with van der Waals surface area (Å²) in [6.07, 6.45) is 1.07. The fraction of sp³-hybridized carbons (Fsp3) is 0.440. The fourth-order valence-electron chi connectivity index (χ4n) is 4.42. The lowest BCUT2D eigenvalue weighted by atomic mass is 10.1. The van der Waals surface area contributed by atoms with Gasteiger partial charge in [0.1, 0.15) is 22.9 Å². The minimum absolute atomic E-state index is 0.0569. The summed E-state index contributed by atoms with van der Waals surface area (Å²) in [5.41, 5.74) is 6.99. The smallest absolute Gasteiger partial charge is 0.256 e. The number of nitrogen functional groups attached to an aromatic ring is 1. The van der Waals surface area contributed by atoms with E-state index in [0.717, 1.165) is 25.7 Å². The van der Waals surface area contributed by atoms with Gasteiger partial charge in [-0.3, -0.25) is 14.2 Å². The molecule has 0 radical (unpaired) electrons. The number of rotatable bonds is 6. The van der Waals surface area contributed by atoms with Crippen molar-refractivity contribution in [3.63, 3.8) is 0 Å². The Morgan fingerprint density at radius 3 is 2.67 bits per heavy atom. The molecule has 1 aliphatic heterocycles. The number of pyridine rings is 1. The molecule has 0 aromatic carbocycles. The fourth-order valence-corrected chi connectivity index (χ4v) is 4.53. The van der Waals surface area contributed by atoms with E-state index in [1.807, 2.05) is 0 Å². The third-order valence-electron chi connectivity index (χ3n) is 6.82. The number of anilines is 1. The van der Waals surface area contributed by atoms with E-state index in [2.05, 4.69) is 37.1 Å². The molecule has 5 N–H and O–H groups in total. The van der Waals surface area contributed by atoms with E-state index >= 15 is 0 Å². The Balaban J connectivity index is 1.22. The largest absolute Gasteiger partial charge is 0.387 e. The van der Waals surface area contributed by atoms with Crippen molar-refractivity contribution >= 4 is 40.4 Å². The summed E-state index contributed by atoms with van der Waals surface area (Å²) >= 11 is 5.84. The standard InChI is InChI=1S/C25H25ClN8O5/c26-15-8-3-12(10-28-15)24(38)33(14-6-7-14)9-1-2-16-31-21(27)17-22(32-16)34(11-29-17)25-19(36)18(35)20(39-25)23(37)30-13-4-5-13/h3,8,10-11,13-14,18-20,25,35-36H,4-7,9H2,(H,30,37)(H2,27,31,32)/t18-,19?,20-,25+/m0/s1. The molecule has 4 atom stereocenters. The van der Waals surface area contributed by atoms with E-state index in [9.17, 15) is 19.8 Å². The Morgan fingerprint density at radius 2 is 1.97 bits per heavy atom. The quantitative estimate of drug-likeness (QED) is 0.240. The van der Waals surface area contributed by atoms with Crippen LogP contribution >= 0.6 is 11.6 Å². The summed E-state index contributed by atoms with van der Waals surface area (Å²) in [7, 11) is 0. The molecule has 2 aliphatic carbocycles. The van der Waals surface area contributed by atoms with Crippen LogP contribution in [0.4, 0.5) is 5.82 Å². The van der Waals surface area contributed by atoms with Crippen LogP contribution in [0, 0.1) is 11.8 Å². The number of ether oxygens (including phenoxy) is 1. The summed E-state index contributed by atoms with van der Waals surface area (Å²) in [6.45, 7) is 0.140. The van der Waals surface area contributed by atoms with Crippen LogP contribution in [0.5, 0.6) is 0 Å². The maximum Gasteiger partial charge on any atom is 0.256 e. The second kappa shape index (κ2) is 10.0. The van der Waals surface area contributed by atoms with Crippen molar-refractivity contribution in [2.24, 2.45) is 0 Å². The first-order valence-electron chi connectivity index (χ1n) is 12.5. The summed E-state index contributed by atoms with van der Waals surface area (Å²) in [5, 5.41) is 24.2. The van der Waals surface area contributed by atoms with Crippen LogP contribution in [0.3, 0.4) is 0 Å². The van der Waals surface area contributed by atoms with Crippen molar-refractivity contribution in [2.45, 2.75) is 62.3 Å². The molecule has 0 bridgehead atoms. The van der Waals surface area contributed by atoms with Crippen molar-refractivity contribution in [3.8, 4) is 11.8 Å². The molecule has 14 heteroatoms. The number of aliphatic hydroxyl groups excluding tert-OH is 2. The number of nitrogens with two attached hydrogens (primary N) is 1. The zero-order chi connectivity index (χ0) is 27.3. The van der Waals surface area contributed by atoms with E-state index in [-0.39, 0.29) is 47.3 Å². The molecule has 0 spiro atoms. The average Bonchev–Trinajstić information content (AvgIpc) is 3.85. The third kappa shape index (κ3) is 5.11. The lowest BCUT2D eigenvalue weighted by Gasteiger charge is -2.19. The van der Waals surface area contributed by atoms with Gasteiger partial charge in [-0.25, -0.2) is 19.9 Å². The number of hydrogen-bond acceptors (Lipinski definition) is 10. The Hall–Kier alpha value is -3.83. The molecule has 13 nitrogen and oxygen atoms in total. The normalized spacial score (nSPS) is 24.3. The van der Waals surface area contributed by atoms with Gasteiger partial charge in [0.05, 0.1) is 18.4 Å². The second-order valence-corrected chi connectivity index (χ2v) is 10.2. The monoisotopic (exact) mass is 552 g/mol.